The Kier molecular flexibility index (Phi) is 3.08. The van der Waals surface area contributed by atoms with E-state index in [2.05, 4.69) is 20.8 Å². The van der Waals surface area contributed by atoms with Crippen LogP contribution in [0.3, 0.4) is 0 Å². The molecule has 3 nitrogen and oxygen atoms in total. The quantitative estimate of drug-likeness (QED) is 0.642. The Bertz CT molecular complexity index is 682. The normalized spacial score (nSPS) is 26.3. The van der Waals surface area contributed by atoms with Gasteiger partial charge in [0.25, 0.3) is 0 Å². The van der Waals surface area contributed by atoms with Crippen LogP contribution in [0.15, 0.2) is 11.6 Å². The minimum absolute atomic E-state index is 0.0348. The maximum Gasteiger partial charge on any atom is 0.162 e. The zero-order chi connectivity index (χ0) is 16.4. The first-order chi connectivity index (χ1) is 10.1. The smallest absolute Gasteiger partial charge is 0.162 e. The monoisotopic (exact) mass is 302 g/mol. The van der Waals surface area contributed by atoms with Gasteiger partial charge in [-0.05, 0) is 35.8 Å². The van der Waals surface area contributed by atoms with Gasteiger partial charge in [0, 0.05) is 22.1 Å². The standard InChI is InChI=1S/C19H26O3/c1-10(2)11-9-12-13(16(22)14(11)20)19(5)8-6-7-18(3,4)17(19)15(12)21/h9-10,20-22H,6-8H2,1-5H3/t19-/m1/s1. The molecule has 3 N–H and O–H groups in total. The van der Waals surface area contributed by atoms with Crippen molar-refractivity contribution in [2.45, 2.75) is 65.2 Å². The first kappa shape index (κ1) is 15.3. The van der Waals surface area contributed by atoms with E-state index in [0.29, 0.717) is 22.4 Å². The topological polar surface area (TPSA) is 60.7 Å². The van der Waals surface area contributed by atoms with Gasteiger partial charge in [0.1, 0.15) is 5.76 Å². The van der Waals surface area contributed by atoms with Crippen molar-refractivity contribution in [1.82, 2.24) is 0 Å². The molecule has 3 heteroatoms. The number of phenols is 2. The number of rotatable bonds is 1. The van der Waals surface area contributed by atoms with Gasteiger partial charge in [0.2, 0.25) is 0 Å². The van der Waals surface area contributed by atoms with Crippen LogP contribution < -0.4 is 0 Å². The fraction of sp³-hybridized carbons (Fsp3) is 0.579. The Morgan fingerprint density at radius 3 is 2.23 bits per heavy atom. The van der Waals surface area contributed by atoms with E-state index in [1.54, 1.807) is 0 Å². The van der Waals surface area contributed by atoms with E-state index in [9.17, 15) is 15.3 Å². The predicted octanol–water partition coefficient (Wildman–Crippen LogP) is 4.97. The molecule has 0 amide bonds. The minimum Gasteiger partial charge on any atom is -0.507 e. The molecule has 1 aromatic carbocycles. The van der Waals surface area contributed by atoms with Crippen LogP contribution in [0, 0.1) is 5.41 Å². The minimum atomic E-state index is -0.391. The maximum atomic E-state index is 10.9. The van der Waals surface area contributed by atoms with E-state index in [0.717, 1.165) is 24.8 Å². The highest BCUT2D eigenvalue weighted by molar-refractivity contribution is 5.81. The number of aliphatic hydroxyl groups excluding tert-OH is 1. The first-order valence-electron chi connectivity index (χ1n) is 8.15. The molecular weight excluding hydrogens is 276 g/mol. The number of phenolic OH excluding ortho intramolecular Hbond substituents is 2. The molecule has 0 saturated heterocycles. The predicted molar refractivity (Wildman–Crippen MR) is 88.4 cm³/mol. The highest BCUT2D eigenvalue weighted by Crippen LogP contribution is 2.62. The lowest BCUT2D eigenvalue weighted by Gasteiger charge is -2.43. The van der Waals surface area contributed by atoms with Crippen LogP contribution in [0.5, 0.6) is 11.5 Å². The zero-order valence-electron chi connectivity index (χ0n) is 14.1. The number of allylic oxidation sites excluding steroid dienone is 1. The Balaban J connectivity index is 2.35. The summed E-state index contributed by atoms with van der Waals surface area (Å²) in [6.45, 7) is 10.3. The average molecular weight is 302 g/mol. The molecule has 22 heavy (non-hydrogen) atoms. The van der Waals surface area contributed by atoms with Gasteiger partial charge in [-0.1, -0.05) is 41.0 Å². The summed E-state index contributed by atoms with van der Waals surface area (Å²) < 4.78 is 0. The lowest BCUT2D eigenvalue weighted by Crippen LogP contribution is -2.35. The van der Waals surface area contributed by atoms with Crippen molar-refractivity contribution in [1.29, 1.82) is 0 Å². The summed E-state index contributed by atoms with van der Waals surface area (Å²) in [5.41, 5.74) is 2.61. The Labute approximate surface area is 132 Å². The molecule has 1 saturated carbocycles. The Morgan fingerprint density at radius 1 is 1.00 bits per heavy atom. The second-order valence-electron chi connectivity index (χ2n) is 8.03. The third-order valence-corrected chi connectivity index (χ3v) is 5.68. The van der Waals surface area contributed by atoms with E-state index >= 15 is 0 Å². The first-order valence-corrected chi connectivity index (χ1v) is 8.15. The van der Waals surface area contributed by atoms with Crippen LogP contribution in [-0.2, 0) is 5.41 Å². The number of aromatic hydroxyl groups is 2. The van der Waals surface area contributed by atoms with Crippen LogP contribution in [0.25, 0.3) is 5.76 Å². The van der Waals surface area contributed by atoms with E-state index < -0.39 is 5.41 Å². The van der Waals surface area contributed by atoms with Crippen molar-refractivity contribution in [3.63, 3.8) is 0 Å². The molecular formula is C19H26O3. The van der Waals surface area contributed by atoms with Crippen molar-refractivity contribution in [2.24, 2.45) is 5.41 Å². The lowest BCUT2D eigenvalue weighted by atomic mass is 9.60. The molecule has 0 heterocycles. The Hall–Kier alpha value is -1.64. The van der Waals surface area contributed by atoms with E-state index in [1.165, 1.54) is 0 Å². The summed E-state index contributed by atoms with van der Waals surface area (Å²) in [5.74, 6) is 0.298. The van der Waals surface area contributed by atoms with Crippen LogP contribution in [0.1, 0.15) is 76.5 Å². The molecule has 0 unspecified atom stereocenters. The summed E-state index contributed by atoms with van der Waals surface area (Å²) in [7, 11) is 0. The van der Waals surface area contributed by atoms with Gasteiger partial charge in [-0.25, -0.2) is 0 Å². The SMILES string of the molecule is CC(C)c1cc2c(c(O)c1O)[C@@]1(C)CCCC(C)(C)C1=C2O. The van der Waals surface area contributed by atoms with E-state index in [1.807, 2.05) is 19.9 Å². The van der Waals surface area contributed by atoms with Gasteiger partial charge in [0.15, 0.2) is 11.5 Å². The fourth-order valence-electron chi connectivity index (χ4n) is 4.71. The summed E-state index contributed by atoms with van der Waals surface area (Å²) in [4.78, 5) is 0. The van der Waals surface area contributed by atoms with E-state index in [-0.39, 0.29) is 22.8 Å². The number of hydrogen-bond donors (Lipinski definition) is 3. The van der Waals surface area contributed by atoms with Gasteiger partial charge in [0.05, 0.1) is 0 Å². The molecule has 0 spiro atoms. The molecule has 1 aromatic rings. The number of fused-ring (bicyclic) bond motifs is 3. The lowest BCUT2D eigenvalue weighted by molar-refractivity contribution is 0.254. The van der Waals surface area contributed by atoms with Crippen molar-refractivity contribution in [2.75, 3.05) is 0 Å². The zero-order valence-corrected chi connectivity index (χ0v) is 14.1. The molecule has 1 atom stereocenters. The molecule has 0 radical (unpaired) electrons. The van der Waals surface area contributed by atoms with Gasteiger partial charge < -0.3 is 15.3 Å². The van der Waals surface area contributed by atoms with Crippen LogP contribution in [-0.4, -0.2) is 15.3 Å². The van der Waals surface area contributed by atoms with Gasteiger partial charge in [-0.15, -0.1) is 0 Å². The third-order valence-electron chi connectivity index (χ3n) is 5.68. The van der Waals surface area contributed by atoms with Crippen LogP contribution >= 0.6 is 0 Å². The molecule has 1 fully saturated rings. The third kappa shape index (κ3) is 1.74. The van der Waals surface area contributed by atoms with Crippen LogP contribution in [0.4, 0.5) is 0 Å². The second kappa shape index (κ2) is 4.43. The van der Waals surface area contributed by atoms with Gasteiger partial charge in [-0.3, -0.25) is 0 Å². The number of aliphatic hydroxyl groups is 1. The van der Waals surface area contributed by atoms with Crippen molar-refractivity contribution >= 4 is 5.76 Å². The number of hydrogen-bond acceptors (Lipinski definition) is 3. The highest BCUT2D eigenvalue weighted by atomic mass is 16.3. The van der Waals surface area contributed by atoms with E-state index in [4.69, 9.17) is 0 Å². The molecule has 0 aliphatic heterocycles. The van der Waals surface area contributed by atoms with Gasteiger partial charge >= 0.3 is 0 Å². The van der Waals surface area contributed by atoms with Gasteiger partial charge in [-0.2, -0.15) is 0 Å². The molecule has 3 rings (SSSR count). The summed E-state index contributed by atoms with van der Waals surface area (Å²) in [6.07, 6.45) is 2.96. The second-order valence-corrected chi connectivity index (χ2v) is 8.03. The number of benzene rings is 1. The Morgan fingerprint density at radius 2 is 1.64 bits per heavy atom. The molecule has 0 aromatic heterocycles. The molecule has 2 aliphatic rings. The molecule has 120 valence electrons. The van der Waals surface area contributed by atoms with Crippen molar-refractivity contribution < 1.29 is 15.3 Å². The van der Waals surface area contributed by atoms with Crippen molar-refractivity contribution in [3.8, 4) is 11.5 Å². The van der Waals surface area contributed by atoms with Crippen molar-refractivity contribution in [3.05, 3.63) is 28.3 Å². The summed E-state index contributed by atoms with van der Waals surface area (Å²) in [5, 5.41) is 31.9. The highest BCUT2D eigenvalue weighted by Gasteiger charge is 2.52. The average Bonchev–Trinajstić information content (AvgIpc) is 2.62. The molecule has 0 bridgehead atoms. The van der Waals surface area contributed by atoms with Crippen LogP contribution in [0.2, 0.25) is 0 Å². The summed E-state index contributed by atoms with van der Waals surface area (Å²) >= 11 is 0. The maximum absolute atomic E-state index is 10.9. The fourth-order valence-corrected chi connectivity index (χ4v) is 4.71. The summed E-state index contributed by atoms with van der Waals surface area (Å²) in [6, 6.07) is 1.86. The largest absolute Gasteiger partial charge is 0.507 e. The molecule has 2 aliphatic carbocycles.